The molecule has 0 radical (unpaired) electrons. The van der Waals surface area contributed by atoms with E-state index in [4.69, 9.17) is 9.15 Å². The van der Waals surface area contributed by atoms with Crippen LogP contribution in [0.5, 0.6) is 11.5 Å². The van der Waals surface area contributed by atoms with Crippen molar-refractivity contribution in [3.05, 3.63) is 69.7 Å². The molecule has 4 aromatic rings. The second kappa shape index (κ2) is 9.54. The van der Waals surface area contributed by atoms with Crippen LogP contribution >= 0.6 is 0 Å². The molecule has 9 heteroatoms. The van der Waals surface area contributed by atoms with Gasteiger partial charge in [0, 0.05) is 40.5 Å². The summed E-state index contributed by atoms with van der Waals surface area (Å²) < 4.78 is 11.2. The van der Waals surface area contributed by atoms with E-state index in [0.717, 1.165) is 16.5 Å². The molecule has 9 nitrogen and oxygen atoms in total. The van der Waals surface area contributed by atoms with Gasteiger partial charge in [-0.05, 0) is 61.7 Å². The Hall–Kier alpha value is -4.27. The number of carboxylic acid groups (broad SMARTS) is 1. The second-order valence-electron chi connectivity index (χ2n) is 8.40. The molecule has 3 N–H and O–H groups in total. The lowest BCUT2D eigenvalue weighted by Crippen LogP contribution is -2.52. The number of aromatic nitrogens is 1. The molecule has 0 saturated carbocycles. The number of rotatable bonds is 8. The highest BCUT2D eigenvalue weighted by Gasteiger charge is 2.23. The Balaban J connectivity index is 1.52. The number of hydrogen-bond acceptors (Lipinski definition) is 7. The van der Waals surface area contributed by atoms with Gasteiger partial charge in [0.15, 0.2) is 6.10 Å². The fourth-order valence-electron chi connectivity index (χ4n) is 4.11. The number of phenols is 1. The number of nitrogens with one attached hydrogen (secondary N) is 2. The van der Waals surface area contributed by atoms with E-state index in [2.05, 4.69) is 10.3 Å². The first-order chi connectivity index (χ1) is 16.7. The van der Waals surface area contributed by atoms with Crippen LogP contribution in [0, 0.1) is 6.92 Å². The molecule has 0 unspecified atom stereocenters. The minimum absolute atomic E-state index is 0.0436. The van der Waals surface area contributed by atoms with Crippen LogP contribution in [0.3, 0.4) is 0 Å². The van der Waals surface area contributed by atoms with E-state index in [1.807, 2.05) is 6.92 Å². The summed E-state index contributed by atoms with van der Waals surface area (Å²) in [5.74, 6) is -1.71. The summed E-state index contributed by atoms with van der Waals surface area (Å²) in [6.45, 7) is 5.15. The third-order valence-electron chi connectivity index (χ3n) is 6.03. The molecule has 2 aromatic carbocycles. The van der Waals surface area contributed by atoms with Gasteiger partial charge in [-0.25, -0.2) is 4.79 Å². The molecule has 1 amide bonds. The van der Waals surface area contributed by atoms with Crippen molar-refractivity contribution in [1.82, 2.24) is 10.3 Å². The molecule has 35 heavy (non-hydrogen) atoms. The summed E-state index contributed by atoms with van der Waals surface area (Å²) in [6.07, 6.45) is 1.19. The van der Waals surface area contributed by atoms with Crippen molar-refractivity contribution in [3.8, 4) is 11.5 Å². The predicted octanol–water partition coefficient (Wildman–Crippen LogP) is 2.10. The molecule has 2 heterocycles. The van der Waals surface area contributed by atoms with Gasteiger partial charge in [0.2, 0.25) is 0 Å². The summed E-state index contributed by atoms with van der Waals surface area (Å²) in [5.41, 5.74) is 2.65. The van der Waals surface area contributed by atoms with Crippen molar-refractivity contribution < 1.29 is 29.0 Å². The lowest BCUT2D eigenvalue weighted by molar-refractivity contribution is -0.308. The fourth-order valence-corrected chi connectivity index (χ4v) is 4.11. The van der Waals surface area contributed by atoms with Crippen LogP contribution in [0.4, 0.5) is 0 Å². The number of carbonyl (C=O) groups is 2. The zero-order chi connectivity index (χ0) is 25.3. The number of amides is 1. The van der Waals surface area contributed by atoms with Crippen molar-refractivity contribution in [2.75, 3.05) is 0 Å². The van der Waals surface area contributed by atoms with Crippen LogP contribution < -0.4 is 20.8 Å². The first-order valence-electron chi connectivity index (χ1n) is 11.2. The monoisotopic (exact) mass is 477 g/mol. The van der Waals surface area contributed by atoms with Gasteiger partial charge in [-0.3, -0.25) is 4.79 Å². The smallest absolute Gasteiger partial charge is 0.336 e. The zero-order valence-electron chi connectivity index (χ0n) is 19.5. The number of carboxylic acids is 1. The number of aromatic amines is 1. The van der Waals surface area contributed by atoms with Gasteiger partial charge in [0.05, 0.1) is 12.0 Å². The van der Waals surface area contributed by atoms with Gasteiger partial charge in [-0.1, -0.05) is 6.92 Å². The topological polar surface area (TPSA) is 145 Å². The number of aromatic hydroxyl groups is 1. The van der Waals surface area contributed by atoms with Gasteiger partial charge in [-0.2, -0.15) is 0 Å². The van der Waals surface area contributed by atoms with E-state index in [-0.39, 0.29) is 12.2 Å². The van der Waals surface area contributed by atoms with E-state index in [9.17, 15) is 24.6 Å². The lowest BCUT2D eigenvalue weighted by atomic mass is 10.0. The van der Waals surface area contributed by atoms with Crippen molar-refractivity contribution in [3.63, 3.8) is 0 Å². The number of hydrogen-bond donors (Lipinski definition) is 3. The van der Waals surface area contributed by atoms with Gasteiger partial charge < -0.3 is 34.5 Å². The van der Waals surface area contributed by atoms with E-state index in [1.165, 1.54) is 25.1 Å². The first-order valence-corrected chi connectivity index (χ1v) is 11.2. The number of carbonyl (C=O) groups excluding carboxylic acids is 2. The molecule has 0 spiro atoms. The number of benzene rings is 2. The average molecular weight is 477 g/mol. The van der Waals surface area contributed by atoms with Crippen molar-refractivity contribution in [1.29, 1.82) is 0 Å². The Bertz CT molecular complexity index is 1480. The number of aliphatic carboxylic acids is 1. The van der Waals surface area contributed by atoms with Gasteiger partial charge in [0.25, 0.3) is 5.91 Å². The highest BCUT2D eigenvalue weighted by molar-refractivity contribution is 5.89. The van der Waals surface area contributed by atoms with Crippen molar-refractivity contribution >= 4 is 33.7 Å². The van der Waals surface area contributed by atoms with Crippen LogP contribution in [-0.2, 0) is 22.4 Å². The van der Waals surface area contributed by atoms with Crippen LogP contribution in [0.2, 0.25) is 0 Å². The molecule has 0 aliphatic rings. The maximum absolute atomic E-state index is 12.8. The van der Waals surface area contributed by atoms with Crippen molar-refractivity contribution in [2.45, 2.75) is 45.8 Å². The van der Waals surface area contributed by atoms with E-state index >= 15 is 0 Å². The summed E-state index contributed by atoms with van der Waals surface area (Å²) in [5, 5.41) is 25.4. The second-order valence-corrected chi connectivity index (χ2v) is 8.40. The maximum Gasteiger partial charge on any atom is 0.336 e. The molecule has 0 bridgehead atoms. The number of fused-ring (bicyclic) bond motifs is 2. The van der Waals surface area contributed by atoms with Crippen molar-refractivity contribution in [2.24, 2.45) is 0 Å². The van der Waals surface area contributed by atoms with Crippen LogP contribution in [0.1, 0.15) is 30.5 Å². The van der Waals surface area contributed by atoms with Gasteiger partial charge in [-0.15, -0.1) is 0 Å². The highest BCUT2D eigenvalue weighted by atomic mass is 16.5. The van der Waals surface area contributed by atoms with Crippen LogP contribution in [0.15, 0.2) is 51.8 Å². The Kier molecular flexibility index (Phi) is 6.50. The molecule has 0 saturated heterocycles. The fraction of sp³-hybridized carbons (Fsp3) is 0.269. The summed E-state index contributed by atoms with van der Waals surface area (Å²) in [4.78, 5) is 39.5. The summed E-state index contributed by atoms with van der Waals surface area (Å²) in [6, 6.07) is 8.30. The Morgan fingerprint density at radius 1 is 1.17 bits per heavy atom. The van der Waals surface area contributed by atoms with Crippen LogP contribution in [-0.4, -0.2) is 34.1 Å². The molecule has 4 rings (SSSR count). The third-order valence-corrected chi connectivity index (χ3v) is 6.03. The standard InChI is InChI=1S/C26H26N2O7/c1-4-15-10-23(30)35-24-13(2)22(8-6-18(15)24)34-14(3)25(31)28-21(26(32)33)9-16-12-27-20-7-5-17(29)11-19(16)20/h5-8,10-12,14,21,27,29H,4,9H2,1-3H3,(H,28,31)(H,32,33)/p-1/t14-,21+/m0/s1. The minimum atomic E-state index is -1.45. The summed E-state index contributed by atoms with van der Waals surface area (Å²) >= 11 is 0. The SMILES string of the molecule is CCc1cc(=O)oc2c(C)c(O[C@@H](C)C(=O)N[C@H](Cc3c[nH]c4ccc(O)cc34)C(=O)[O-])ccc12. The molecule has 0 fully saturated rings. The molecule has 2 atom stereocenters. The normalized spacial score (nSPS) is 13.0. The Labute approximate surface area is 200 Å². The molecule has 0 aliphatic heterocycles. The van der Waals surface area contributed by atoms with E-state index < -0.39 is 29.6 Å². The molecular formula is C26H25N2O7-. The summed E-state index contributed by atoms with van der Waals surface area (Å²) in [7, 11) is 0. The largest absolute Gasteiger partial charge is 0.548 e. The third kappa shape index (κ3) is 4.84. The lowest BCUT2D eigenvalue weighted by Gasteiger charge is -2.23. The van der Waals surface area contributed by atoms with E-state index in [1.54, 1.807) is 31.3 Å². The molecule has 2 aromatic heterocycles. The number of H-pyrrole nitrogens is 1. The first kappa shape index (κ1) is 23.9. The van der Waals surface area contributed by atoms with E-state index in [0.29, 0.717) is 34.3 Å². The minimum Gasteiger partial charge on any atom is -0.548 e. The quantitative estimate of drug-likeness (QED) is 0.330. The van der Waals surface area contributed by atoms with Gasteiger partial charge in [0.1, 0.15) is 17.1 Å². The maximum atomic E-state index is 12.8. The highest BCUT2D eigenvalue weighted by Crippen LogP contribution is 2.29. The number of phenolic OH excluding ortho intramolecular Hbond substituents is 1. The number of aryl methyl sites for hydroxylation is 2. The number of ether oxygens (including phenoxy) is 1. The Morgan fingerprint density at radius 3 is 2.66 bits per heavy atom. The molecular weight excluding hydrogens is 452 g/mol. The average Bonchev–Trinajstić information content (AvgIpc) is 3.21. The van der Waals surface area contributed by atoms with Crippen LogP contribution in [0.25, 0.3) is 21.9 Å². The predicted molar refractivity (Wildman–Crippen MR) is 127 cm³/mol. The molecule has 0 aliphatic carbocycles. The molecule has 182 valence electrons. The Morgan fingerprint density at radius 2 is 1.94 bits per heavy atom. The zero-order valence-corrected chi connectivity index (χ0v) is 19.5. The van der Waals surface area contributed by atoms with Gasteiger partial charge >= 0.3 is 5.63 Å².